The summed E-state index contributed by atoms with van der Waals surface area (Å²) in [6, 6.07) is 3.85. The van der Waals surface area contributed by atoms with Gasteiger partial charge >= 0.3 is 0 Å². The summed E-state index contributed by atoms with van der Waals surface area (Å²) in [6.45, 7) is 5.76. The van der Waals surface area contributed by atoms with Crippen molar-refractivity contribution in [2.75, 3.05) is 12.4 Å². The highest BCUT2D eigenvalue weighted by molar-refractivity contribution is 6.04. The lowest BCUT2D eigenvalue weighted by atomic mass is 10.1. The van der Waals surface area contributed by atoms with E-state index in [1.54, 1.807) is 17.7 Å². The van der Waals surface area contributed by atoms with Gasteiger partial charge in [-0.25, -0.2) is 13.5 Å². The van der Waals surface area contributed by atoms with Crippen LogP contribution in [0.3, 0.4) is 0 Å². The molecule has 2 rings (SSSR count). The summed E-state index contributed by atoms with van der Waals surface area (Å²) in [7, 11) is 1.14. The van der Waals surface area contributed by atoms with Gasteiger partial charge in [0.05, 0.1) is 24.4 Å². The first-order valence-corrected chi connectivity index (χ1v) is 7.28. The minimum absolute atomic E-state index is 0.0756. The Hall–Kier alpha value is -2.44. The van der Waals surface area contributed by atoms with Crippen LogP contribution in [0.5, 0.6) is 5.75 Å². The zero-order chi connectivity index (χ0) is 17.1. The van der Waals surface area contributed by atoms with E-state index < -0.39 is 23.3 Å². The molecule has 1 aromatic carbocycles. The van der Waals surface area contributed by atoms with Gasteiger partial charge in [0, 0.05) is 6.07 Å². The largest absolute Gasteiger partial charge is 0.491 e. The Kier molecular flexibility index (Phi) is 4.98. The first-order valence-electron chi connectivity index (χ1n) is 7.28. The second-order valence-corrected chi connectivity index (χ2v) is 5.27. The Morgan fingerprint density at radius 3 is 2.74 bits per heavy atom. The van der Waals surface area contributed by atoms with Crippen molar-refractivity contribution >= 4 is 11.7 Å². The van der Waals surface area contributed by atoms with E-state index in [0.717, 1.165) is 31.4 Å². The third-order valence-corrected chi connectivity index (χ3v) is 3.61. The van der Waals surface area contributed by atoms with Crippen LogP contribution in [0.25, 0.3) is 0 Å². The van der Waals surface area contributed by atoms with Crippen LogP contribution >= 0.6 is 0 Å². The smallest absolute Gasteiger partial charge is 0.259 e. The highest BCUT2D eigenvalue weighted by atomic mass is 19.1. The van der Waals surface area contributed by atoms with Gasteiger partial charge in [-0.1, -0.05) is 6.92 Å². The first kappa shape index (κ1) is 16.9. The van der Waals surface area contributed by atoms with Crippen LogP contribution in [0.4, 0.5) is 14.6 Å². The lowest BCUT2D eigenvalue weighted by molar-refractivity contribution is 0.102. The summed E-state index contributed by atoms with van der Waals surface area (Å²) < 4.78 is 33.9. The number of nitrogens with one attached hydrogen (secondary N) is 1. The quantitative estimate of drug-likeness (QED) is 0.913. The number of benzene rings is 1. The molecule has 0 fully saturated rings. The molecule has 1 amide bonds. The molecule has 0 aliphatic heterocycles. The normalized spacial score (nSPS) is 12.1. The number of hydrogen-bond acceptors (Lipinski definition) is 3. The third kappa shape index (κ3) is 3.33. The Labute approximate surface area is 133 Å². The number of amides is 1. The van der Waals surface area contributed by atoms with E-state index in [0.29, 0.717) is 5.82 Å². The Bertz CT molecular complexity index is 728. The molecule has 124 valence electrons. The molecule has 0 spiro atoms. The van der Waals surface area contributed by atoms with Gasteiger partial charge in [0.15, 0.2) is 17.4 Å². The summed E-state index contributed by atoms with van der Waals surface area (Å²) in [5.41, 5.74) is 0.440. The average Bonchev–Trinajstić information content (AvgIpc) is 2.87. The molecular weight excluding hydrogens is 304 g/mol. The highest BCUT2D eigenvalue weighted by Gasteiger charge is 2.21. The van der Waals surface area contributed by atoms with Crippen molar-refractivity contribution in [2.24, 2.45) is 0 Å². The first-order chi connectivity index (χ1) is 10.9. The maximum atomic E-state index is 14.2. The molecule has 0 radical (unpaired) electrons. The second-order valence-electron chi connectivity index (χ2n) is 5.27. The summed E-state index contributed by atoms with van der Waals surface area (Å²) in [4.78, 5) is 12.3. The molecule has 2 aromatic rings. The number of carbonyl (C=O) groups is 1. The van der Waals surface area contributed by atoms with Crippen LogP contribution in [-0.4, -0.2) is 22.8 Å². The van der Waals surface area contributed by atoms with Crippen LogP contribution < -0.4 is 10.1 Å². The lowest BCUT2D eigenvalue weighted by Gasteiger charge is -2.14. The minimum atomic E-state index is -1.03. The van der Waals surface area contributed by atoms with Gasteiger partial charge in [-0.05, 0) is 32.4 Å². The number of aromatic nitrogens is 2. The fraction of sp³-hybridized carbons (Fsp3) is 0.375. The molecule has 0 aliphatic rings. The molecule has 1 N–H and O–H groups in total. The number of methoxy groups -OCH3 is 1. The number of carbonyl (C=O) groups excluding carboxylic acids is 1. The second kappa shape index (κ2) is 6.76. The van der Waals surface area contributed by atoms with Crippen LogP contribution in [-0.2, 0) is 0 Å². The van der Waals surface area contributed by atoms with Gasteiger partial charge in [0.25, 0.3) is 5.91 Å². The predicted octanol–water partition coefficient (Wildman–Crippen LogP) is 3.70. The SMILES string of the molecule is CCC(C)n1nc(C)cc1NC(=O)c1ccc(F)c(OC)c1F. The van der Waals surface area contributed by atoms with E-state index in [2.05, 4.69) is 15.2 Å². The number of anilines is 1. The minimum Gasteiger partial charge on any atom is -0.491 e. The number of nitrogens with zero attached hydrogens (tertiary/aromatic N) is 2. The molecular formula is C16H19F2N3O2. The van der Waals surface area contributed by atoms with Crippen molar-refractivity contribution < 1.29 is 18.3 Å². The van der Waals surface area contributed by atoms with E-state index in [4.69, 9.17) is 0 Å². The van der Waals surface area contributed by atoms with Crippen LogP contribution in [0.2, 0.25) is 0 Å². The van der Waals surface area contributed by atoms with Crippen molar-refractivity contribution in [1.82, 2.24) is 9.78 Å². The summed E-state index contributed by atoms with van der Waals surface area (Å²) in [5, 5.41) is 6.94. The lowest BCUT2D eigenvalue weighted by Crippen LogP contribution is -2.19. The average molecular weight is 323 g/mol. The van der Waals surface area contributed by atoms with Gasteiger partial charge in [0.1, 0.15) is 5.82 Å². The van der Waals surface area contributed by atoms with Gasteiger partial charge in [-0.2, -0.15) is 5.10 Å². The van der Waals surface area contributed by atoms with Crippen molar-refractivity contribution in [1.29, 1.82) is 0 Å². The molecule has 0 saturated carbocycles. The van der Waals surface area contributed by atoms with Crippen molar-refractivity contribution in [3.63, 3.8) is 0 Å². The summed E-state index contributed by atoms with van der Waals surface area (Å²) in [5.74, 6) is -2.70. The van der Waals surface area contributed by atoms with Crippen molar-refractivity contribution in [2.45, 2.75) is 33.2 Å². The number of halogens is 2. The molecule has 1 aromatic heterocycles. The van der Waals surface area contributed by atoms with Crippen molar-refractivity contribution in [3.8, 4) is 5.75 Å². The number of aryl methyl sites for hydroxylation is 1. The number of hydrogen-bond donors (Lipinski definition) is 1. The molecule has 1 atom stereocenters. The number of rotatable bonds is 5. The zero-order valence-electron chi connectivity index (χ0n) is 13.5. The van der Waals surface area contributed by atoms with E-state index in [1.165, 1.54) is 0 Å². The molecule has 7 heteroatoms. The maximum Gasteiger partial charge on any atom is 0.259 e. The maximum absolute atomic E-state index is 14.2. The molecule has 1 heterocycles. The third-order valence-electron chi connectivity index (χ3n) is 3.61. The Morgan fingerprint density at radius 1 is 1.43 bits per heavy atom. The van der Waals surface area contributed by atoms with Crippen LogP contribution in [0.15, 0.2) is 18.2 Å². The van der Waals surface area contributed by atoms with E-state index in [-0.39, 0.29) is 11.6 Å². The molecule has 1 unspecified atom stereocenters. The molecule has 23 heavy (non-hydrogen) atoms. The topological polar surface area (TPSA) is 56.2 Å². The highest BCUT2D eigenvalue weighted by Crippen LogP contribution is 2.25. The fourth-order valence-electron chi connectivity index (χ4n) is 2.20. The zero-order valence-corrected chi connectivity index (χ0v) is 13.5. The summed E-state index contributed by atoms with van der Waals surface area (Å²) >= 11 is 0. The van der Waals surface area contributed by atoms with E-state index >= 15 is 0 Å². The number of ether oxygens (including phenoxy) is 1. The standard InChI is InChI=1S/C16H19F2N3O2/c1-5-10(3)21-13(8-9(2)20-21)19-16(22)11-6-7-12(17)15(23-4)14(11)18/h6-8,10H,5H2,1-4H3,(H,19,22). The van der Waals surface area contributed by atoms with Crippen molar-refractivity contribution in [3.05, 3.63) is 41.1 Å². The van der Waals surface area contributed by atoms with Gasteiger partial charge in [-0.3, -0.25) is 4.79 Å². The molecule has 0 aliphatic carbocycles. The van der Waals surface area contributed by atoms with Gasteiger partial charge in [0.2, 0.25) is 0 Å². The Balaban J connectivity index is 2.34. The van der Waals surface area contributed by atoms with E-state index in [9.17, 15) is 13.6 Å². The van der Waals surface area contributed by atoms with Gasteiger partial charge < -0.3 is 10.1 Å². The fourth-order valence-corrected chi connectivity index (χ4v) is 2.20. The Morgan fingerprint density at radius 2 is 2.13 bits per heavy atom. The van der Waals surface area contributed by atoms with Crippen LogP contribution in [0.1, 0.15) is 42.4 Å². The predicted molar refractivity (Wildman–Crippen MR) is 82.8 cm³/mol. The monoisotopic (exact) mass is 323 g/mol. The van der Waals surface area contributed by atoms with Gasteiger partial charge in [-0.15, -0.1) is 0 Å². The molecule has 0 saturated heterocycles. The molecule has 0 bridgehead atoms. The van der Waals surface area contributed by atoms with E-state index in [1.807, 2.05) is 13.8 Å². The van der Waals surface area contributed by atoms with Crippen LogP contribution in [0, 0.1) is 18.6 Å². The molecule has 5 nitrogen and oxygen atoms in total. The summed E-state index contributed by atoms with van der Waals surface area (Å²) in [6.07, 6.45) is 0.822.